The molecular formula is C25H27F3N2O4. The van der Waals surface area contributed by atoms with Gasteiger partial charge in [0, 0.05) is 38.9 Å². The van der Waals surface area contributed by atoms with Crippen LogP contribution in [0.3, 0.4) is 0 Å². The fraction of sp³-hybridized carbons (Fsp3) is 0.440. The fourth-order valence-electron chi connectivity index (χ4n) is 4.47. The highest BCUT2D eigenvalue weighted by atomic mass is 19.4. The molecule has 1 spiro atoms. The number of amides is 2. The van der Waals surface area contributed by atoms with Crippen molar-refractivity contribution in [3.05, 3.63) is 65.7 Å². The lowest BCUT2D eigenvalue weighted by Crippen LogP contribution is -2.48. The summed E-state index contributed by atoms with van der Waals surface area (Å²) in [6.07, 6.45) is -3.23. The summed E-state index contributed by atoms with van der Waals surface area (Å²) in [5.41, 5.74) is -1.48. The van der Waals surface area contributed by atoms with Gasteiger partial charge in [0.25, 0.3) is 0 Å². The van der Waals surface area contributed by atoms with Crippen molar-refractivity contribution in [3.63, 3.8) is 0 Å². The van der Waals surface area contributed by atoms with Crippen LogP contribution in [-0.2, 0) is 22.3 Å². The van der Waals surface area contributed by atoms with Gasteiger partial charge in [-0.3, -0.25) is 9.69 Å². The number of nitrogens with zero attached hydrogens (tertiary/aromatic N) is 2. The van der Waals surface area contributed by atoms with Gasteiger partial charge in [0.2, 0.25) is 5.91 Å². The van der Waals surface area contributed by atoms with E-state index in [-0.39, 0.29) is 24.6 Å². The maximum absolute atomic E-state index is 13.3. The lowest BCUT2D eigenvalue weighted by molar-refractivity contribution is -0.138. The number of carbonyl (C=O) groups excluding carboxylic acids is 2. The predicted octanol–water partition coefficient (Wildman–Crippen LogP) is 4.88. The van der Waals surface area contributed by atoms with Crippen molar-refractivity contribution < 1.29 is 32.2 Å². The molecule has 34 heavy (non-hydrogen) atoms. The molecule has 0 aromatic heterocycles. The summed E-state index contributed by atoms with van der Waals surface area (Å²) in [4.78, 5) is 28.1. The summed E-state index contributed by atoms with van der Waals surface area (Å²) in [6.45, 7) is 1.38. The van der Waals surface area contributed by atoms with Crippen LogP contribution < -0.4 is 4.74 Å². The summed E-state index contributed by atoms with van der Waals surface area (Å²) < 4.78 is 51.2. The fourth-order valence-corrected chi connectivity index (χ4v) is 4.47. The molecule has 2 aromatic rings. The van der Waals surface area contributed by atoms with Crippen LogP contribution in [0.5, 0.6) is 5.75 Å². The van der Waals surface area contributed by atoms with E-state index in [1.165, 1.54) is 23.1 Å². The van der Waals surface area contributed by atoms with Gasteiger partial charge in [-0.05, 0) is 30.2 Å². The molecule has 4 rings (SSSR count). The third-order valence-corrected chi connectivity index (χ3v) is 6.30. The Hall–Kier alpha value is -3.23. The first-order valence-electron chi connectivity index (χ1n) is 11.3. The average molecular weight is 476 g/mol. The second kappa shape index (κ2) is 9.95. The van der Waals surface area contributed by atoms with Gasteiger partial charge >= 0.3 is 12.3 Å². The van der Waals surface area contributed by atoms with Crippen molar-refractivity contribution in [3.8, 4) is 5.75 Å². The molecule has 2 heterocycles. The Labute approximate surface area is 196 Å². The summed E-state index contributed by atoms with van der Waals surface area (Å²) >= 11 is 0. The Morgan fingerprint density at radius 2 is 1.71 bits per heavy atom. The van der Waals surface area contributed by atoms with Gasteiger partial charge in [0.1, 0.15) is 11.4 Å². The summed E-state index contributed by atoms with van der Waals surface area (Å²) in [6, 6.07) is 14.6. The minimum Gasteiger partial charge on any atom is -0.494 e. The highest BCUT2D eigenvalue weighted by Crippen LogP contribution is 2.36. The largest absolute Gasteiger partial charge is 0.494 e. The molecule has 0 unspecified atom stereocenters. The smallest absolute Gasteiger partial charge is 0.416 e. The standard InChI is InChI=1S/C25H27F3N2O4/c26-25(27,28)21-10-5-4-7-19(21)17-30-18-24(34-23(30)32)12-14-29(15-13-24)22(31)11-6-16-33-20-8-2-1-3-9-20/h1-5,7-10H,6,11-18H2. The van der Waals surface area contributed by atoms with Crippen LogP contribution in [0.2, 0.25) is 0 Å². The Bertz CT molecular complexity index is 1000. The molecule has 2 fully saturated rings. The second-order valence-corrected chi connectivity index (χ2v) is 8.71. The molecule has 0 aliphatic carbocycles. The number of hydrogen-bond acceptors (Lipinski definition) is 4. The highest BCUT2D eigenvalue weighted by molar-refractivity contribution is 5.76. The zero-order valence-corrected chi connectivity index (χ0v) is 18.7. The van der Waals surface area contributed by atoms with Crippen LogP contribution in [0.4, 0.5) is 18.0 Å². The highest BCUT2D eigenvalue weighted by Gasteiger charge is 2.47. The van der Waals surface area contributed by atoms with E-state index in [1.54, 1.807) is 4.90 Å². The summed E-state index contributed by atoms with van der Waals surface area (Å²) in [7, 11) is 0. The average Bonchev–Trinajstić information content (AvgIpc) is 3.11. The van der Waals surface area contributed by atoms with E-state index in [1.807, 2.05) is 30.3 Å². The number of hydrogen-bond donors (Lipinski definition) is 0. The van der Waals surface area contributed by atoms with Crippen molar-refractivity contribution in [1.29, 1.82) is 0 Å². The summed E-state index contributed by atoms with van der Waals surface area (Å²) in [5, 5.41) is 0. The molecule has 2 amide bonds. The van der Waals surface area contributed by atoms with Gasteiger partial charge in [-0.1, -0.05) is 36.4 Å². The minimum atomic E-state index is -4.49. The van der Waals surface area contributed by atoms with Crippen molar-refractivity contribution in [2.75, 3.05) is 26.2 Å². The minimum absolute atomic E-state index is 0.0202. The molecule has 2 aromatic carbocycles. The normalized spacial score (nSPS) is 17.7. The number of benzene rings is 2. The van der Waals surface area contributed by atoms with Crippen LogP contribution in [0.15, 0.2) is 54.6 Å². The molecule has 2 saturated heterocycles. The molecule has 2 aliphatic heterocycles. The Balaban J connectivity index is 1.26. The van der Waals surface area contributed by atoms with E-state index < -0.39 is 23.4 Å². The zero-order chi connectivity index (χ0) is 24.2. The lowest BCUT2D eigenvalue weighted by Gasteiger charge is -2.37. The Kier molecular flexibility index (Phi) is 7.00. The van der Waals surface area contributed by atoms with E-state index in [0.717, 1.165) is 11.8 Å². The van der Waals surface area contributed by atoms with Gasteiger partial charge in [0.15, 0.2) is 0 Å². The number of rotatable bonds is 7. The van der Waals surface area contributed by atoms with Crippen molar-refractivity contribution in [1.82, 2.24) is 9.80 Å². The van der Waals surface area contributed by atoms with Gasteiger partial charge in [0.05, 0.1) is 18.7 Å². The molecule has 6 nitrogen and oxygen atoms in total. The molecule has 0 bridgehead atoms. The quantitative estimate of drug-likeness (QED) is 0.535. The van der Waals surface area contributed by atoms with E-state index in [9.17, 15) is 22.8 Å². The third-order valence-electron chi connectivity index (χ3n) is 6.30. The van der Waals surface area contributed by atoms with Crippen LogP contribution in [0.25, 0.3) is 0 Å². The van der Waals surface area contributed by atoms with E-state index >= 15 is 0 Å². The van der Waals surface area contributed by atoms with Crippen LogP contribution in [-0.4, -0.2) is 53.6 Å². The number of piperidine rings is 1. The van der Waals surface area contributed by atoms with Crippen molar-refractivity contribution in [2.24, 2.45) is 0 Å². The molecule has 0 N–H and O–H groups in total. The first-order chi connectivity index (χ1) is 16.3. The molecule has 182 valence electrons. The summed E-state index contributed by atoms with van der Waals surface area (Å²) in [5.74, 6) is 0.784. The molecule has 0 radical (unpaired) electrons. The number of ether oxygens (including phenoxy) is 2. The van der Waals surface area contributed by atoms with Gasteiger partial charge < -0.3 is 14.4 Å². The van der Waals surface area contributed by atoms with Crippen molar-refractivity contribution in [2.45, 2.75) is 44.0 Å². The molecule has 9 heteroatoms. The Morgan fingerprint density at radius 3 is 2.41 bits per heavy atom. The molecule has 0 atom stereocenters. The number of likely N-dealkylation sites (tertiary alicyclic amines) is 1. The lowest BCUT2D eigenvalue weighted by atomic mass is 9.91. The second-order valence-electron chi connectivity index (χ2n) is 8.71. The van der Waals surface area contributed by atoms with Gasteiger partial charge in [-0.25, -0.2) is 4.79 Å². The monoisotopic (exact) mass is 476 g/mol. The predicted molar refractivity (Wildman–Crippen MR) is 118 cm³/mol. The van der Waals surface area contributed by atoms with E-state index in [2.05, 4.69) is 0 Å². The van der Waals surface area contributed by atoms with E-state index in [4.69, 9.17) is 9.47 Å². The van der Waals surface area contributed by atoms with Crippen LogP contribution in [0, 0.1) is 0 Å². The molecule has 2 aliphatic rings. The maximum Gasteiger partial charge on any atom is 0.416 e. The molecular weight excluding hydrogens is 449 g/mol. The van der Waals surface area contributed by atoms with E-state index in [0.29, 0.717) is 45.4 Å². The van der Waals surface area contributed by atoms with Gasteiger partial charge in [-0.2, -0.15) is 13.2 Å². The van der Waals surface area contributed by atoms with Crippen LogP contribution in [0.1, 0.15) is 36.8 Å². The van der Waals surface area contributed by atoms with Crippen molar-refractivity contribution >= 4 is 12.0 Å². The number of para-hydroxylation sites is 1. The van der Waals surface area contributed by atoms with Gasteiger partial charge in [-0.15, -0.1) is 0 Å². The first-order valence-corrected chi connectivity index (χ1v) is 11.3. The topological polar surface area (TPSA) is 59.1 Å². The number of carbonyl (C=O) groups is 2. The number of alkyl halides is 3. The third kappa shape index (κ3) is 5.63. The maximum atomic E-state index is 13.3. The first kappa shape index (κ1) is 23.9. The number of halogens is 3. The Morgan fingerprint density at radius 1 is 1.03 bits per heavy atom. The zero-order valence-electron chi connectivity index (χ0n) is 18.7. The molecule has 0 saturated carbocycles. The van der Waals surface area contributed by atoms with Crippen LogP contribution >= 0.6 is 0 Å². The SMILES string of the molecule is O=C(CCCOc1ccccc1)N1CCC2(CC1)CN(Cc1ccccc1C(F)(F)F)C(=O)O2.